The second-order valence-electron chi connectivity index (χ2n) is 4.14. The van der Waals surface area contributed by atoms with Crippen molar-refractivity contribution >= 4 is 0 Å². The van der Waals surface area contributed by atoms with Crippen LogP contribution in [0.15, 0.2) is 0 Å². The Morgan fingerprint density at radius 1 is 1.18 bits per heavy atom. The molecule has 2 aliphatic rings. The van der Waals surface area contributed by atoms with Gasteiger partial charge in [-0.1, -0.05) is 0 Å². The van der Waals surface area contributed by atoms with E-state index in [1.54, 1.807) is 0 Å². The standard InChI is InChI=1S/C9H17NO/c11-6-2-1-5-10-7-9(8-10)3-4-9/h11H,1-8H2. The molecule has 0 aromatic carbocycles. The van der Waals surface area contributed by atoms with E-state index in [-0.39, 0.29) is 0 Å². The van der Waals surface area contributed by atoms with Crippen LogP contribution >= 0.6 is 0 Å². The Balaban J connectivity index is 1.53. The summed E-state index contributed by atoms with van der Waals surface area (Å²) >= 11 is 0. The van der Waals surface area contributed by atoms with E-state index in [2.05, 4.69) is 4.90 Å². The molecule has 1 heterocycles. The fourth-order valence-corrected chi connectivity index (χ4v) is 2.00. The third-order valence-corrected chi connectivity index (χ3v) is 2.96. The van der Waals surface area contributed by atoms with Gasteiger partial charge < -0.3 is 10.0 Å². The van der Waals surface area contributed by atoms with Gasteiger partial charge in [-0.15, -0.1) is 0 Å². The zero-order valence-corrected chi connectivity index (χ0v) is 7.05. The Bertz CT molecular complexity index is 134. The largest absolute Gasteiger partial charge is 0.396 e. The van der Waals surface area contributed by atoms with Crippen LogP contribution in [0.1, 0.15) is 25.7 Å². The lowest BCUT2D eigenvalue weighted by atomic mass is 9.97. The molecule has 2 fully saturated rings. The van der Waals surface area contributed by atoms with Gasteiger partial charge in [-0.2, -0.15) is 0 Å². The van der Waals surface area contributed by atoms with Gasteiger partial charge in [0.05, 0.1) is 0 Å². The van der Waals surface area contributed by atoms with Crippen molar-refractivity contribution in [2.24, 2.45) is 5.41 Å². The minimum absolute atomic E-state index is 0.360. The van der Waals surface area contributed by atoms with Crippen molar-refractivity contribution in [3.63, 3.8) is 0 Å². The highest BCUT2D eigenvalue weighted by molar-refractivity contribution is 5.04. The molecule has 0 radical (unpaired) electrons. The molecule has 0 bridgehead atoms. The highest BCUT2D eigenvalue weighted by atomic mass is 16.2. The molecule has 2 nitrogen and oxygen atoms in total. The summed E-state index contributed by atoms with van der Waals surface area (Å²) in [6.45, 7) is 4.26. The summed E-state index contributed by atoms with van der Waals surface area (Å²) in [5.41, 5.74) is 0.805. The van der Waals surface area contributed by atoms with E-state index in [4.69, 9.17) is 5.11 Å². The fraction of sp³-hybridized carbons (Fsp3) is 1.00. The van der Waals surface area contributed by atoms with Crippen LogP contribution in [0.4, 0.5) is 0 Å². The SMILES string of the molecule is OCCCCN1CC2(CC2)C1. The Kier molecular flexibility index (Phi) is 1.90. The number of aliphatic hydroxyl groups is 1. The maximum Gasteiger partial charge on any atom is 0.0431 e. The second kappa shape index (κ2) is 2.76. The van der Waals surface area contributed by atoms with Crippen molar-refractivity contribution in [2.75, 3.05) is 26.2 Å². The first-order valence-corrected chi connectivity index (χ1v) is 4.68. The third-order valence-electron chi connectivity index (χ3n) is 2.96. The molecule has 1 aliphatic heterocycles. The van der Waals surface area contributed by atoms with Crippen LogP contribution in [0, 0.1) is 5.41 Å². The number of nitrogens with zero attached hydrogens (tertiary/aromatic N) is 1. The summed E-state index contributed by atoms with van der Waals surface area (Å²) in [5.74, 6) is 0. The van der Waals surface area contributed by atoms with Gasteiger partial charge in [0.25, 0.3) is 0 Å². The first-order chi connectivity index (χ1) is 5.35. The predicted molar refractivity (Wildman–Crippen MR) is 44.4 cm³/mol. The van der Waals surface area contributed by atoms with Crippen molar-refractivity contribution < 1.29 is 5.11 Å². The van der Waals surface area contributed by atoms with Gasteiger partial charge in [0.2, 0.25) is 0 Å². The van der Waals surface area contributed by atoms with Crippen LogP contribution in [0.2, 0.25) is 0 Å². The van der Waals surface area contributed by atoms with E-state index in [9.17, 15) is 0 Å². The first kappa shape index (κ1) is 7.56. The van der Waals surface area contributed by atoms with Crippen molar-refractivity contribution in [2.45, 2.75) is 25.7 Å². The van der Waals surface area contributed by atoms with Crippen LogP contribution in [-0.4, -0.2) is 36.2 Å². The molecule has 1 saturated heterocycles. The maximum absolute atomic E-state index is 8.57. The van der Waals surface area contributed by atoms with Crippen LogP contribution in [0.3, 0.4) is 0 Å². The van der Waals surface area contributed by atoms with Gasteiger partial charge in [0, 0.05) is 19.7 Å². The Hall–Kier alpha value is -0.0800. The molecular formula is C9H17NO. The third kappa shape index (κ3) is 1.57. The number of likely N-dealkylation sites (tertiary alicyclic amines) is 1. The molecule has 0 unspecified atom stereocenters. The molecule has 2 heteroatoms. The highest BCUT2D eigenvalue weighted by Gasteiger charge is 2.51. The molecule has 1 N–H and O–H groups in total. The molecule has 0 amide bonds. The van der Waals surface area contributed by atoms with Crippen molar-refractivity contribution in [1.29, 1.82) is 0 Å². The van der Waals surface area contributed by atoms with Gasteiger partial charge >= 0.3 is 0 Å². The van der Waals surface area contributed by atoms with E-state index in [1.807, 2.05) is 0 Å². The van der Waals surface area contributed by atoms with Crippen LogP contribution < -0.4 is 0 Å². The molecule has 2 rings (SSSR count). The monoisotopic (exact) mass is 155 g/mol. The minimum Gasteiger partial charge on any atom is -0.396 e. The van der Waals surface area contributed by atoms with E-state index in [0.717, 1.165) is 11.8 Å². The molecule has 1 saturated carbocycles. The minimum atomic E-state index is 0.360. The van der Waals surface area contributed by atoms with Crippen molar-refractivity contribution in [1.82, 2.24) is 4.90 Å². The Morgan fingerprint density at radius 2 is 1.91 bits per heavy atom. The Morgan fingerprint density at radius 3 is 2.45 bits per heavy atom. The lowest BCUT2D eigenvalue weighted by Crippen LogP contribution is -2.48. The van der Waals surface area contributed by atoms with Gasteiger partial charge in [-0.3, -0.25) is 0 Å². The van der Waals surface area contributed by atoms with E-state index in [0.29, 0.717) is 6.61 Å². The molecule has 64 valence electrons. The molecule has 1 spiro atoms. The summed E-state index contributed by atoms with van der Waals surface area (Å²) in [4.78, 5) is 2.52. The fourth-order valence-electron chi connectivity index (χ4n) is 2.00. The zero-order valence-electron chi connectivity index (χ0n) is 7.05. The molecule has 0 aromatic heterocycles. The van der Waals surface area contributed by atoms with E-state index >= 15 is 0 Å². The lowest BCUT2D eigenvalue weighted by Gasteiger charge is -2.40. The number of rotatable bonds is 4. The highest BCUT2D eigenvalue weighted by Crippen LogP contribution is 2.52. The zero-order chi connectivity index (χ0) is 7.73. The molecule has 1 aliphatic carbocycles. The lowest BCUT2D eigenvalue weighted by molar-refractivity contribution is 0.0783. The average Bonchev–Trinajstić information content (AvgIpc) is 2.66. The Labute approximate surface area is 68.2 Å². The second-order valence-corrected chi connectivity index (χ2v) is 4.14. The molecule has 11 heavy (non-hydrogen) atoms. The summed E-state index contributed by atoms with van der Waals surface area (Å²) in [7, 11) is 0. The quantitative estimate of drug-likeness (QED) is 0.608. The van der Waals surface area contributed by atoms with E-state index in [1.165, 1.54) is 38.9 Å². The number of unbranched alkanes of at least 4 members (excludes halogenated alkanes) is 1. The molecule has 0 aromatic rings. The first-order valence-electron chi connectivity index (χ1n) is 4.68. The van der Waals surface area contributed by atoms with Gasteiger partial charge in [0.1, 0.15) is 0 Å². The van der Waals surface area contributed by atoms with Crippen LogP contribution in [-0.2, 0) is 0 Å². The molecular weight excluding hydrogens is 138 g/mol. The topological polar surface area (TPSA) is 23.5 Å². The van der Waals surface area contributed by atoms with Crippen LogP contribution in [0.5, 0.6) is 0 Å². The summed E-state index contributed by atoms with van der Waals surface area (Å²) in [6.07, 6.45) is 5.10. The molecule has 0 atom stereocenters. The number of aliphatic hydroxyl groups excluding tert-OH is 1. The smallest absolute Gasteiger partial charge is 0.0431 e. The van der Waals surface area contributed by atoms with Gasteiger partial charge in [-0.05, 0) is 37.6 Å². The summed E-state index contributed by atoms with van der Waals surface area (Å²) in [6, 6.07) is 0. The average molecular weight is 155 g/mol. The summed E-state index contributed by atoms with van der Waals surface area (Å²) in [5, 5.41) is 8.57. The van der Waals surface area contributed by atoms with Crippen LogP contribution in [0.25, 0.3) is 0 Å². The summed E-state index contributed by atoms with van der Waals surface area (Å²) < 4.78 is 0. The number of hydrogen-bond acceptors (Lipinski definition) is 2. The number of hydrogen-bond donors (Lipinski definition) is 1. The van der Waals surface area contributed by atoms with Gasteiger partial charge in [-0.25, -0.2) is 0 Å². The van der Waals surface area contributed by atoms with E-state index < -0.39 is 0 Å². The normalized spacial score (nSPS) is 27.0. The maximum atomic E-state index is 8.57. The van der Waals surface area contributed by atoms with Crippen molar-refractivity contribution in [3.05, 3.63) is 0 Å². The van der Waals surface area contributed by atoms with Gasteiger partial charge in [0.15, 0.2) is 0 Å². The predicted octanol–water partition coefficient (Wildman–Crippen LogP) is 0.855. The van der Waals surface area contributed by atoms with Crippen molar-refractivity contribution in [3.8, 4) is 0 Å².